The first-order valence-electron chi connectivity index (χ1n) is 30.1. The Morgan fingerprint density at radius 1 is 0.296 bits per heavy atom. The van der Waals surface area contributed by atoms with Crippen molar-refractivity contribution in [1.29, 1.82) is 0 Å². The molecule has 6 heteroatoms. The van der Waals surface area contributed by atoms with E-state index >= 15 is 0 Å². The predicted octanol–water partition coefficient (Wildman–Crippen LogP) is 20.3. The summed E-state index contributed by atoms with van der Waals surface area (Å²) in [7, 11) is 0. The number of ether oxygens (including phenoxy) is 3. The fourth-order valence-electron chi connectivity index (χ4n) is 8.33. The van der Waals surface area contributed by atoms with Crippen LogP contribution in [0.15, 0.2) is 85.1 Å². The van der Waals surface area contributed by atoms with Gasteiger partial charge in [-0.1, -0.05) is 247 Å². The van der Waals surface area contributed by atoms with Crippen molar-refractivity contribution < 1.29 is 28.6 Å². The molecule has 0 radical (unpaired) electrons. The minimum atomic E-state index is -0.784. The zero-order chi connectivity index (χ0) is 51.4. The highest BCUT2D eigenvalue weighted by molar-refractivity contribution is 5.71. The number of hydrogen-bond donors (Lipinski definition) is 0. The molecule has 0 bridgehead atoms. The average Bonchev–Trinajstić information content (AvgIpc) is 3.37. The molecule has 408 valence electrons. The van der Waals surface area contributed by atoms with E-state index in [0.29, 0.717) is 19.3 Å². The Labute approximate surface area is 439 Å². The predicted molar refractivity (Wildman–Crippen MR) is 307 cm³/mol. The number of allylic oxidation sites excluding steroid dienone is 14. The van der Waals surface area contributed by atoms with Crippen molar-refractivity contribution >= 4 is 17.9 Å². The Morgan fingerprint density at radius 2 is 0.563 bits per heavy atom. The number of unbranched alkanes of at least 4 members (excludes halogenated alkanes) is 29. The van der Waals surface area contributed by atoms with Gasteiger partial charge in [0, 0.05) is 19.3 Å². The normalized spacial score (nSPS) is 12.7. The molecule has 0 aromatic heterocycles. The smallest absolute Gasteiger partial charge is 0.306 e. The van der Waals surface area contributed by atoms with Gasteiger partial charge in [-0.15, -0.1) is 0 Å². The lowest BCUT2D eigenvalue weighted by molar-refractivity contribution is -0.167. The van der Waals surface area contributed by atoms with Crippen LogP contribution in [0.25, 0.3) is 0 Å². The van der Waals surface area contributed by atoms with Gasteiger partial charge in [-0.2, -0.15) is 0 Å². The molecule has 71 heavy (non-hydrogen) atoms. The lowest BCUT2D eigenvalue weighted by Crippen LogP contribution is -2.30. The molecule has 0 aliphatic rings. The molecule has 0 saturated heterocycles. The van der Waals surface area contributed by atoms with E-state index in [1.54, 1.807) is 0 Å². The van der Waals surface area contributed by atoms with Gasteiger partial charge in [0.2, 0.25) is 0 Å². The van der Waals surface area contributed by atoms with Crippen molar-refractivity contribution in [3.8, 4) is 0 Å². The second-order valence-corrected chi connectivity index (χ2v) is 19.9. The molecule has 6 nitrogen and oxygen atoms in total. The third kappa shape index (κ3) is 57.4. The van der Waals surface area contributed by atoms with Crippen molar-refractivity contribution in [2.24, 2.45) is 0 Å². The molecule has 1 atom stereocenters. The Morgan fingerprint density at radius 3 is 0.915 bits per heavy atom. The molecule has 0 aliphatic heterocycles. The maximum absolute atomic E-state index is 12.8. The lowest BCUT2D eigenvalue weighted by Gasteiger charge is -2.18. The van der Waals surface area contributed by atoms with E-state index in [1.807, 2.05) is 0 Å². The molecule has 0 N–H and O–H groups in total. The molecule has 0 aromatic rings. The zero-order valence-corrected chi connectivity index (χ0v) is 46.7. The van der Waals surface area contributed by atoms with Crippen molar-refractivity contribution in [2.75, 3.05) is 13.2 Å². The molecule has 0 aliphatic carbocycles. The number of rotatable bonds is 54. The molecule has 0 rings (SSSR count). The largest absolute Gasteiger partial charge is 0.462 e. The maximum Gasteiger partial charge on any atom is 0.306 e. The quantitative estimate of drug-likeness (QED) is 0.0261. The molecule has 0 amide bonds. The van der Waals surface area contributed by atoms with Crippen LogP contribution >= 0.6 is 0 Å². The van der Waals surface area contributed by atoms with E-state index in [1.165, 1.54) is 141 Å². The van der Waals surface area contributed by atoms with Crippen LogP contribution in [0.1, 0.15) is 290 Å². The molecular formula is C65H112O6. The Kier molecular flexibility index (Phi) is 56.3. The number of esters is 3. The summed E-state index contributed by atoms with van der Waals surface area (Å²) in [4.78, 5) is 38.1. The van der Waals surface area contributed by atoms with Crippen molar-refractivity contribution in [3.63, 3.8) is 0 Å². The highest BCUT2D eigenvalue weighted by Crippen LogP contribution is 2.15. The van der Waals surface area contributed by atoms with Crippen LogP contribution in [-0.2, 0) is 28.6 Å². The molecule has 0 spiro atoms. The molecule has 0 saturated carbocycles. The van der Waals surface area contributed by atoms with E-state index in [-0.39, 0.29) is 31.1 Å². The van der Waals surface area contributed by atoms with Crippen LogP contribution in [0.4, 0.5) is 0 Å². The van der Waals surface area contributed by atoms with Crippen molar-refractivity contribution in [3.05, 3.63) is 85.1 Å². The van der Waals surface area contributed by atoms with Gasteiger partial charge in [0.25, 0.3) is 0 Å². The third-order valence-corrected chi connectivity index (χ3v) is 12.9. The van der Waals surface area contributed by atoms with Crippen LogP contribution < -0.4 is 0 Å². The van der Waals surface area contributed by atoms with Crippen LogP contribution in [0.5, 0.6) is 0 Å². The Hall–Kier alpha value is -3.41. The van der Waals surface area contributed by atoms with Crippen LogP contribution in [0.3, 0.4) is 0 Å². The van der Waals surface area contributed by atoms with E-state index in [9.17, 15) is 14.4 Å². The molecule has 0 aromatic carbocycles. The van der Waals surface area contributed by atoms with E-state index in [2.05, 4.69) is 106 Å². The molecule has 0 heterocycles. The Bertz CT molecular complexity index is 1370. The minimum absolute atomic E-state index is 0.0828. The maximum atomic E-state index is 12.8. The summed E-state index contributed by atoms with van der Waals surface area (Å²) in [5.74, 6) is -0.897. The van der Waals surface area contributed by atoms with E-state index in [0.717, 1.165) is 109 Å². The summed E-state index contributed by atoms with van der Waals surface area (Å²) in [5, 5.41) is 0. The van der Waals surface area contributed by atoms with Gasteiger partial charge in [0.15, 0.2) is 6.10 Å². The lowest BCUT2D eigenvalue weighted by atomic mass is 10.0. The van der Waals surface area contributed by atoms with Gasteiger partial charge >= 0.3 is 17.9 Å². The van der Waals surface area contributed by atoms with Gasteiger partial charge < -0.3 is 14.2 Å². The first-order chi connectivity index (χ1) is 35.0. The minimum Gasteiger partial charge on any atom is -0.462 e. The summed E-state index contributed by atoms with van der Waals surface area (Å²) in [6.07, 6.45) is 77.3. The molecule has 0 fully saturated rings. The number of carbonyl (C=O) groups excluding carboxylic acids is 3. The van der Waals surface area contributed by atoms with Crippen LogP contribution in [-0.4, -0.2) is 37.2 Å². The fraction of sp³-hybridized carbons (Fsp3) is 0.738. The zero-order valence-electron chi connectivity index (χ0n) is 46.7. The van der Waals surface area contributed by atoms with Gasteiger partial charge in [-0.3, -0.25) is 14.4 Å². The summed E-state index contributed by atoms with van der Waals surface area (Å²) in [6.45, 7) is 6.48. The van der Waals surface area contributed by atoms with Gasteiger partial charge in [-0.25, -0.2) is 0 Å². The van der Waals surface area contributed by atoms with E-state index in [4.69, 9.17) is 14.2 Å². The third-order valence-electron chi connectivity index (χ3n) is 12.9. The fourth-order valence-corrected chi connectivity index (χ4v) is 8.33. The second-order valence-electron chi connectivity index (χ2n) is 19.9. The monoisotopic (exact) mass is 989 g/mol. The summed E-state index contributed by atoms with van der Waals surface area (Å²) in [5.41, 5.74) is 0. The molecule has 1 unspecified atom stereocenters. The number of carbonyl (C=O) groups is 3. The van der Waals surface area contributed by atoms with Gasteiger partial charge in [-0.05, 0) is 109 Å². The number of hydrogen-bond acceptors (Lipinski definition) is 6. The highest BCUT2D eigenvalue weighted by atomic mass is 16.6. The van der Waals surface area contributed by atoms with Gasteiger partial charge in [0.05, 0.1) is 0 Å². The van der Waals surface area contributed by atoms with Crippen molar-refractivity contribution in [2.45, 2.75) is 297 Å². The Balaban J connectivity index is 4.25. The summed E-state index contributed by atoms with van der Waals surface area (Å²) in [6, 6.07) is 0. The van der Waals surface area contributed by atoms with E-state index < -0.39 is 6.10 Å². The van der Waals surface area contributed by atoms with Crippen molar-refractivity contribution in [1.82, 2.24) is 0 Å². The topological polar surface area (TPSA) is 78.9 Å². The molecular weight excluding hydrogens is 877 g/mol. The summed E-state index contributed by atoms with van der Waals surface area (Å²) < 4.78 is 16.8. The average molecular weight is 990 g/mol. The second kappa shape index (κ2) is 59.2. The summed E-state index contributed by atoms with van der Waals surface area (Å²) >= 11 is 0. The highest BCUT2D eigenvalue weighted by Gasteiger charge is 2.19. The van der Waals surface area contributed by atoms with Crippen LogP contribution in [0, 0.1) is 0 Å². The first-order valence-corrected chi connectivity index (χ1v) is 30.1. The first kappa shape index (κ1) is 67.6. The SMILES string of the molecule is CC/C=C\C/C=C\C/C=C\C/C=C\C/C=C\CCCCCCCCCCCCCC(=O)OCC(COC(=O)CCCCCCC/C=C\CCCC)OC(=O)CCCCCCC/C=C\CCCCCCCC. The standard InChI is InChI=1S/C65H112O6/c1-4-7-10-13-16-19-22-24-26-27-28-29-30-31-32-33-34-35-36-37-39-40-43-46-49-52-55-58-64(67)70-61-62(60-69-63(66)57-54-51-48-45-42-21-18-15-12-9-6-3)71-65(68)59-56-53-50-47-44-41-38-25-23-20-17-14-11-8-5-2/h7,10,15-16,18-19,24-26,28-29,31-32,38,62H,4-6,8-9,11-14,17,20-23,27,30,33-37,39-61H2,1-3H3/b10-7-,18-15-,19-16-,26-24-,29-28-,32-31-,38-25-. The van der Waals surface area contributed by atoms with Gasteiger partial charge in [0.1, 0.15) is 13.2 Å². The van der Waals surface area contributed by atoms with Crippen LogP contribution in [0.2, 0.25) is 0 Å².